The van der Waals surface area contributed by atoms with E-state index in [1.807, 2.05) is 25.1 Å². The van der Waals surface area contributed by atoms with Gasteiger partial charge < -0.3 is 10.1 Å². The molecule has 0 aromatic heterocycles. The molecule has 0 spiro atoms. The van der Waals surface area contributed by atoms with Crippen molar-refractivity contribution in [2.24, 2.45) is 0 Å². The Morgan fingerprint density at radius 3 is 3.19 bits per heavy atom. The van der Waals surface area contributed by atoms with Crippen molar-refractivity contribution in [2.75, 3.05) is 26.2 Å². The lowest BCUT2D eigenvalue weighted by Gasteiger charge is -2.35. The van der Waals surface area contributed by atoms with Crippen LogP contribution in [0.2, 0.25) is 0 Å². The van der Waals surface area contributed by atoms with Crippen LogP contribution < -0.4 is 5.32 Å². The molecule has 2 aliphatic rings. The summed E-state index contributed by atoms with van der Waals surface area (Å²) >= 11 is 3.45. The fourth-order valence-corrected chi connectivity index (χ4v) is 3.79. The third-order valence-electron chi connectivity index (χ3n) is 4.32. The van der Waals surface area contributed by atoms with E-state index in [9.17, 15) is 4.79 Å². The number of amides is 1. The van der Waals surface area contributed by atoms with E-state index in [0.29, 0.717) is 18.2 Å². The minimum Gasteiger partial charge on any atom is -0.373 e. The Balaban J connectivity index is 1.54. The number of hydrogen-bond acceptors (Lipinski definition) is 3. The Bertz CT molecular complexity index is 535. The van der Waals surface area contributed by atoms with Gasteiger partial charge in [0.05, 0.1) is 18.3 Å². The number of ether oxygens (including phenoxy) is 1. The molecule has 2 aliphatic heterocycles. The molecule has 0 saturated carbocycles. The lowest BCUT2D eigenvalue weighted by Crippen LogP contribution is -2.50. The van der Waals surface area contributed by atoms with Crippen molar-refractivity contribution < 1.29 is 9.53 Å². The van der Waals surface area contributed by atoms with E-state index in [0.717, 1.165) is 23.2 Å². The summed E-state index contributed by atoms with van der Waals surface area (Å²) in [6.07, 6.45) is 2.62. The molecule has 2 atom stereocenters. The minimum absolute atomic E-state index is 0.0472. The fourth-order valence-electron chi connectivity index (χ4n) is 3.12. The number of carbonyl (C=O) groups excluding carboxylic acids is 1. The van der Waals surface area contributed by atoms with Crippen molar-refractivity contribution in [2.45, 2.75) is 31.9 Å². The van der Waals surface area contributed by atoms with Crippen molar-refractivity contribution >= 4 is 21.8 Å². The third-order valence-corrected chi connectivity index (χ3v) is 4.98. The molecule has 21 heavy (non-hydrogen) atoms. The summed E-state index contributed by atoms with van der Waals surface area (Å²) in [6.45, 7) is 5.48. The van der Waals surface area contributed by atoms with Crippen molar-refractivity contribution in [3.63, 3.8) is 0 Å². The summed E-state index contributed by atoms with van der Waals surface area (Å²) in [5.74, 6) is -0.0472. The smallest absolute Gasteiger partial charge is 0.252 e. The molecule has 2 unspecified atom stereocenters. The number of rotatable bonds is 3. The van der Waals surface area contributed by atoms with E-state index >= 15 is 0 Å². The maximum atomic E-state index is 12.2. The molecule has 1 aromatic carbocycles. The van der Waals surface area contributed by atoms with Gasteiger partial charge in [-0.15, -0.1) is 0 Å². The maximum absolute atomic E-state index is 12.2. The van der Waals surface area contributed by atoms with Crippen LogP contribution in [0.25, 0.3) is 0 Å². The summed E-state index contributed by atoms with van der Waals surface area (Å²) in [6, 6.07) is 6.36. The van der Waals surface area contributed by atoms with E-state index in [1.165, 1.54) is 19.4 Å². The molecule has 2 heterocycles. The highest BCUT2D eigenvalue weighted by Crippen LogP contribution is 2.22. The number of fused-ring (bicyclic) bond motifs is 1. The van der Waals surface area contributed by atoms with Crippen LogP contribution in [0.1, 0.15) is 28.8 Å². The maximum Gasteiger partial charge on any atom is 0.252 e. The Morgan fingerprint density at radius 2 is 2.38 bits per heavy atom. The van der Waals surface area contributed by atoms with Crippen LogP contribution in [0.5, 0.6) is 0 Å². The van der Waals surface area contributed by atoms with Crippen molar-refractivity contribution in [1.29, 1.82) is 0 Å². The van der Waals surface area contributed by atoms with Gasteiger partial charge in [-0.3, -0.25) is 9.69 Å². The first-order valence-electron chi connectivity index (χ1n) is 7.53. The molecule has 1 N–H and O–H groups in total. The summed E-state index contributed by atoms with van der Waals surface area (Å²) < 4.78 is 6.70. The zero-order valence-electron chi connectivity index (χ0n) is 12.3. The molecule has 5 heteroatoms. The Morgan fingerprint density at radius 1 is 1.52 bits per heavy atom. The molecule has 2 saturated heterocycles. The summed E-state index contributed by atoms with van der Waals surface area (Å²) in [5, 5.41) is 2.99. The van der Waals surface area contributed by atoms with Crippen molar-refractivity contribution in [3.8, 4) is 0 Å². The lowest BCUT2D eigenvalue weighted by molar-refractivity contribution is -0.0461. The van der Waals surface area contributed by atoms with Gasteiger partial charge in [-0.05, 0) is 59.9 Å². The Kier molecular flexibility index (Phi) is 4.62. The zero-order chi connectivity index (χ0) is 14.8. The van der Waals surface area contributed by atoms with Gasteiger partial charge in [-0.25, -0.2) is 0 Å². The molecule has 114 valence electrons. The summed E-state index contributed by atoms with van der Waals surface area (Å²) in [4.78, 5) is 14.7. The highest BCUT2D eigenvalue weighted by Gasteiger charge is 2.32. The molecular formula is C16H21BrN2O2. The largest absolute Gasteiger partial charge is 0.373 e. The van der Waals surface area contributed by atoms with Crippen molar-refractivity contribution in [3.05, 3.63) is 33.8 Å². The van der Waals surface area contributed by atoms with Crippen LogP contribution in [-0.4, -0.2) is 49.2 Å². The van der Waals surface area contributed by atoms with Crippen LogP contribution in [0, 0.1) is 6.92 Å². The Hall–Kier alpha value is -0.910. The topological polar surface area (TPSA) is 41.6 Å². The molecule has 2 fully saturated rings. The molecule has 0 aliphatic carbocycles. The van der Waals surface area contributed by atoms with Gasteiger partial charge in [0.15, 0.2) is 0 Å². The number of aryl methyl sites for hydroxylation is 1. The summed E-state index contributed by atoms with van der Waals surface area (Å²) in [5.41, 5.74) is 1.81. The molecular weight excluding hydrogens is 332 g/mol. The van der Waals surface area contributed by atoms with Crippen LogP contribution in [0.15, 0.2) is 22.7 Å². The van der Waals surface area contributed by atoms with Gasteiger partial charge >= 0.3 is 0 Å². The summed E-state index contributed by atoms with van der Waals surface area (Å²) in [7, 11) is 0. The fraction of sp³-hybridized carbons (Fsp3) is 0.562. The van der Waals surface area contributed by atoms with Crippen LogP contribution in [0.3, 0.4) is 0 Å². The highest BCUT2D eigenvalue weighted by atomic mass is 79.9. The molecule has 0 radical (unpaired) electrons. The van der Waals surface area contributed by atoms with Gasteiger partial charge in [0, 0.05) is 23.6 Å². The first kappa shape index (κ1) is 15.0. The van der Waals surface area contributed by atoms with Crippen molar-refractivity contribution in [1.82, 2.24) is 10.2 Å². The van der Waals surface area contributed by atoms with Gasteiger partial charge in [-0.1, -0.05) is 6.07 Å². The second kappa shape index (κ2) is 6.46. The number of benzene rings is 1. The standard InChI is InChI=1S/C16H21BrN2O2/c1-11-4-5-14(15(17)7-11)16(20)18-8-13-9-19-6-2-3-12(19)10-21-13/h4-5,7,12-13H,2-3,6,8-10H2,1H3,(H,18,20). The van der Waals surface area contributed by atoms with Gasteiger partial charge in [-0.2, -0.15) is 0 Å². The SMILES string of the molecule is Cc1ccc(C(=O)NCC2CN3CCCC3CO2)c(Br)c1. The second-order valence-corrected chi connectivity index (χ2v) is 6.79. The average Bonchev–Trinajstić information content (AvgIpc) is 2.92. The third kappa shape index (κ3) is 3.47. The normalized spacial score (nSPS) is 25.6. The van der Waals surface area contributed by atoms with Gasteiger partial charge in [0.25, 0.3) is 5.91 Å². The van der Waals surface area contributed by atoms with E-state index in [4.69, 9.17) is 4.74 Å². The molecule has 0 bridgehead atoms. The van der Waals surface area contributed by atoms with E-state index in [1.54, 1.807) is 0 Å². The lowest BCUT2D eigenvalue weighted by atomic mass is 10.1. The predicted octanol–water partition coefficient (Wildman–Crippen LogP) is 2.35. The minimum atomic E-state index is -0.0472. The van der Waals surface area contributed by atoms with Crippen LogP contribution >= 0.6 is 15.9 Å². The number of nitrogens with zero attached hydrogens (tertiary/aromatic N) is 1. The number of carbonyl (C=O) groups is 1. The molecule has 3 rings (SSSR count). The van der Waals surface area contributed by atoms with Gasteiger partial charge in [0.2, 0.25) is 0 Å². The Labute approximate surface area is 134 Å². The predicted molar refractivity (Wildman–Crippen MR) is 85.5 cm³/mol. The first-order chi connectivity index (χ1) is 10.1. The molecule has 4 nitrogen and oxygen atoms in total. The van der Waals surface area contributed by atoms with Crippen LogP contribution in [-0.2, 0) is 4.74 Å². The number of halogens is 1. The number of morpholine rings is 1. The zero-order valence-corrected chi connectivity index (χ0v) is 13.9. The number of hydrogen-bond donors (Lipinski definition) is 1. The number of nitrogens with one attached hydrogen (secondary N) is 1. The molecule has 1 amide bonds. The van der Waals surface area contributed by atoms with E-state index < -0.39 is 0 Å². The van der Waals surface area contributed by atoms with Gasteiger partial charge in [0.1, 0.15) is 0 Å². The quantitative estimate of drug-likeness (QED) is 0.907. The first-order valence-corrected chi connectivity index (χ1v) is 8.33. The highest BCUT2D eigenvalue weighted by molar-refractivity contribution is 9.10. The monoisotopic (exact) mass is 352 g/mol. The van der Waals surface area contributed by atoms with Crippen LogP contribution in [0.4, 0.5) is 0 Å². The molecule has 1 aromatic rings. The van der Waals surface area contributed by atoms with E-state index in [2.05, 4.69) is 26.1 Å². The van der Waals surface area contributed by atoms with E-state index in [-0.39, 0.29) is 12.0 Å². The average molecular weight is 353 g/mol. The second-order valence-electron chi connectivity index (χ2n) is 5.94.